The van der Waals surface area contributed by atoms with Gasteiger partial charge in [0.2, 0.25) is 0 Å². The fourth-order valence-corrected chi connectivity index (χ4v) is 1.16. The molecular weight excluding hydrogens is 186 g/mol. The molecule has 0 atom stereocenters. The smallest absolute Gasteiger partial charge is 0.285 e. The number of carbonyl (C=O) groups is 1. The highest BCUT2D eigenvalue weighted by Gasteiger charge is 2.21. The lowest BCUT2D eigenvalue weighted by Gasteiger charge is -2.02. The molecule has 1 amide bonds. The lowest BCUT2D eigenvalue weighted by molar-refractivity contribution is -0.385. The van der Waals surface area contributed by atoms with E-state index in [4.69, 9.17) is 5.84 Å². The van der Waals surface area contributed by atoms with Crippen LogP contribution in [0.2, 0.25) is 0 Å². The Kier molecular flexibility index (Phi) is 2.78. The van der Waals surface area contributed by atoms with E-state index in [0.717, 1.165) is 0 Å². The number of hydrazine groups is 1. The van der Waals surface area contributed by atoms with Gasteiger partial charge >= 0.3 is 0 Å². The first-order chi connectivity index (χ1) is 6.57. The molecular formula is C8H9N3O3. The van der Waals surface area contributed by atoms with Gasteiger partial charge in [-0.1, -0.05) is 12.1 Å². The van der Waals surface area contributed by atoms with Crippen LogP contribution in [0.25, 0.3) is 0 Å². The van der Waals surface area contributed by atoms with Crippen LogP contribution in [0, 0.1) is 17.0 Å². The lowest BCUT2D eigenvalue weighted by Crippen LogP contribution is -2.30. The summed E-state index contributed by atoms with van der Waals surface area (Å²) in [7, 11) is 0. The van der Waals surface area contributed by atoms with Crippen molar-refractivity contribution in [2.75, 3.05) is 0 Å². The highest BCUT2D eigenvalue weighted by Crippen LogP contribution is 2.22. The Morgan fingerprint density at radius 1 is 1.57 bits per heavy atom. The highest BCUT2D eigenvalue weighted by atomic mass is 16.6. The van der Waals surface area contributed by atoms with Gasteiger partial charge in [0.1, 0.15) is 5.56 Å². The number of carbonyl (C=O) groups excluding carboxylic acids is 1. The fraction of sp³-hybridized carbons (Fsp3) is 0.125. The first-order valence-corrected chi connectivity index (χ1v) is 3.83. The largest absolute Gasteiger partial charge is 0.290 e. The molecule has 6 heteroatoms. The molecule has 1 aromatic rings. The summed E-state index contributed by atoms with van der Waals surface area (Å²) in [6.07, 6.45) is 0. The number of aryl methyl sites for hydroxylation is 1. The molecule has 0 heterocycles. The van der Waals surface area contributed by atoms with Crippen LogP contribution in [0.4, 0.5) is 5.69 Å². The molecule has 0 saturated carbocycles. The number of amides is 1. The summed E-state index contributed by atoms with van der Waals surface area (Å²) >= 11 is 0. The van der Waals surface area contributed by atoms with E-state index >= 15 is 0 Å². The Morgan fingerprint density at radius 3 is 2.71 bits per heavy atom. The fourth-order valence-electron chi connectivity index (χ4n) is 1.16. The van der Waals surface area contributed by atoms with Crippen molar-refractivity contribution in [3.63, 3.8) is 0 Å². The first-order valence-electron chi connectivity index (χ1n) is 3.83. The summed E-state index contributed by atoms with van der Waals surface area (Å²) in [5, 5.41) is 10.6. The minimum Gasteiger partial charge on any atom is -0.290 e. The Labute approximate surface area is 79.8 Å². The molecule has 0 fully saturated rings. The van der Waals surface area contributed by atoms with E-state index in [0.29, 0.717) is 5.56 Å². The summed E-state index contributed by atoms with van der Waals surface area (Å²) in [5.74, 6) is 4.23. The third-order valence-electron chi connectivity index (χ3n) is 1.80. The van der Waals surface area contributed by atoms with Gasteiger partial charge in [0, 0.05) is 5.56 Å². The second kappa shape index (κ2) is 3.84. The number of nitrogens with two attached hydrogens (primary N) is 1. The van der Waals surface area contributed by atoms with Crippen LogP contribution < -0.4 is 11.3 Å². The van der Waals surface area contributed by atoms with Gasteiger partial charge in [-0.25, -0.2) is 5.84 Å². The SMILES string of the molecule is Cc1cccc(C(=O)NN)c1[N+](=O)[O-]. The monoisotopic (exact) mass is 195 g/mol. The highest BCUT2D eigenvalue weighted by molar-refractivity contribution is 5.98. The van der Waals surface area contributed by atoms with Gasteiger partial charge in [-0.05, 0) is 13.0 Å². The number of nitrogen functional groups attached to an aromatic ring is 1. The van der Waals surface area contributed by atoms with E-state index in [1.165, 1.54) is 6.07 Å². The zero-order chi connectivity index (χ0) is 10.7. The van der Waals surface area contributed by atoms with Crippen molar-refractivity contribution in [2.45, 2.75) is 6.92 Å². The predicted molar refractivity (Wildman–Crippen MR) is 49.5 cm³/mol. The van der Waals surface area contributed by atoms with Crippen LogP contribution in [-0.2, 0) is 0 Å². The molecule has 0 aromatic heterocycles. The second-order valence-electron chi connectivity index (χ2n) is 2.70. The van der Waals surface area contributed by atoms with Crippen LogP contribution >= 0.6 is 0 Å². The zero-order valence-corrected chi connectivity index (χ0v) is 7.48. The second-order valence-corrected chi connectivity index (χ2v) is 2.70. The number of para-hydroxylation sites is 1. The van der Waals surface area contributed by atoms with Crippen molar-refractivity contribution in [3.05, 3.63) is 39.4 Å². The summed E-state index contributed by atoms with van der Waals surface area (Å²) in [6.45, 7) is 1.56. The molecule has 0 saturated heterocycles. The molecule has 0 bridgehead atoms. The maximum absolute atomic E-state index is 11.2. The van der Waals surface area contributed by atoms with E-state index in [-0.39, 0.29) is 11.3 Å². The average Bonchev–Trinajstić information content (AvgIpc) is 2.15. The van der Waals surface area contributed by atoms with Crippen molar-refractivity contribution in [2.24, 2.45) is 5.84 Å². The van der Waals surface area contributed by atoms with E-state index < -0.39 is 10.8 Å². The number of nitrogens with one attached hydrogen (secondary N) is 1. The quantitative estimate of drug-likeness (QED) is 0.311. The number of nitrogens with zero attached hydrogens (tertiary/aromatic N) is 1. The Bertz CT molecular complexity index is 389. The van der Waals surface area contributed by atoms with Crippen LogP contribution in [0.15, 0.2) is 18.2 Å². The molecule has 1 rings (SSSR count). The van der Waals surface area contributed by atoms with E-state index in [9.17, 15) is 14.9 Å². The Balaban J connectivity index is 3.35. The first kappa shape index (κ1) is 10.1. The van der Waals surface area contributed by atoms with Gasteiger partial charge < -0.3 is 0 Å². The van der Waals surface area contributed by atoms with Gasteiger partial charge in [0.15, 0.2) is 0 Å². The summed E-state index contributed by atoms with van der Waals surface area (Å²) < 4.78 is 0. The van der Waals surface area contributed by atoms with Gasteiger partial charge in [-0.15, -0.1) is 0 Å². The number of benzene rings is 1. The molecule has 6 nitrogen and oxygen atoms in total. The summed E-state index contributed by atoms with van der Waals surface area (Å²) in [5.41, 5.74) is 2.04. The molecule has 74 valence electrons. The summed E-state index contributed by atoms with van der Waals surface area (Å²) in [6, 6.07) is 4.48. The molecule has 0 aliphatic heterocycles. The minimum atomic E-state index is -0.666. The summed E-state index contributed by atoms with van der Waals surface area (Å²) in [4.78, 5) is 21.2. The van der Waals surface area contributed by atoms with Crippen LogP contribution in [0.5, 0.6) is 0 Å². The lowest BCUT2D eigenvalue weighted by atomic mass is 10.1. The van der Waals surface area contributed by atoms with E-state index in [2.05, 4.69) is 0 Å². The van der Waals surface area contributed by atoms with Crippen LogP contribution in [-0.4, -0.2) is 10.8 Å². The van der Waals surface area contributed by atoms with Crippen molar-refractivity contribution in [3.8, 4) is 0 Å². The normalized spacial score (nSPS) is 9.57. The van der Waals surface area contributed by atoms with E-state index in [1.54, 1.807) is 19.1 Å². The molecule has 0 aliphatic rings. The predicted octanol–water partition coefficient (Wildman–Crippen LogP) is 0.507. The van der Waals surface area contributed by atoms with Gasteiger partial charge in [-0.2, -0.15) is 0 Å². The van der Waals surface area contributed by atoms with Crippen LogP contribution in [0.3, 0.4) is 0 Å². The van der Waals surface area contributed by atoms with Gasteiger partial charge in [0.05, 0.1) is 4.92 Å². The van der Waals surface area contributed by atoms with Crippen LogP contribution in [0.1, 0.15) is 15.9 Å². The minimum absolute atomic E-state index is 0.0301. The molecule has 0 aliphatic carbocycles. The van der Waals surface area contributed by atoms with E-state index in [1.807, 2.05) is 5.43 Å². The maximum Gasteiger partial charge on any atom is 0.285 e. The van der Waals surface area contributed by atoms with Crippen molar-refractivity contribution in [1.29, 1.82) is 0 Å². The molecule has 1 aromatic carbocycles. The molecule has 0 radical (unpaired) electrons. The molecule has 0 unspecified atom stereocenters. The van der Waals surface area contributed by atoms with Gasteiger partial charge in [0.25, 0.3) is 11.6 Å². The number of hydrogen-bond donors (Lipinski definition) is 2. The average molecular weight is 195 g/mol. The Morgan fingerprint density at radius 2 is 2.21 bits per heavy atom. The number of hydrogen-bond acceptors (Lipinski definition) is 4. The number of rotatable bonds is 2. The molecule has 14 heavy (non-hydrogen) atoms. The van der Waals surface area contributed by atoms with Crippen molar-refractivity contribution >= 4 is 11.6 Å². The Hall–Kier alpha value is -1.95. The standard InChI is InChI=1S/C8H9N3O3/c1-5-3-2-4-6(8(12)10-9)7(5)11(13)14/h2-4H,9H2,1H3,(H,10,12). The number of nitro benzene ring substituents is 1. The maximum atomic E-state index is 11.2. The number of nitro groups is 1. The van der Waals surface area contributed by atoms with Crippen molar-refractivity contribution in [1.82, 2.24) is 5.43 Å². The molecule has 3 N–H and O–H groups in total. The third-order valence-corrected chi connectivity index (χ3v) is 1.80. The van der Waals surface area contributed by atoms with Gasteiger partial charge in [-0.3, -0.25) is 20.3 Å². The molecule has 0 spiro atoms. The third kappa shape index (κ3) is 1.69. The van der Waals surface area contributed by atoms with Crippen molar-refractivity contribution < 1.29 is 9.72 Å². The topological polar surface area (TPSA) is 98.3 Å². The zero-order valence-electron chi connectivity index (χ0n) is 7.48.